The SMILES string of the molecule is NCc1cccn2c(-c3ccccc3C(F)(F)F)ncc12. The first-order valence-electron chi connectivity index (χ1n) is 6.34. The van der Waals surface area contributed by atoms with E-state index in [9.17, 15) is 13.2 Å². The fourth-order valence-corrected chi connectivity index (χ4v) is 2.38. The third-order valence-corrected chi connectivity index (χ3v) is 3.35. The summed E-state index contributed by atoms with van der Waals surface area (Å²) in [6.07, 6.45) is -1.19. The van der Waals surface area contributed by atoms with Crippen LogP contribution in [0.4, 0.5) is 13.2 Å². The number of nitrogens with two attached hydrogens (primary N) is 1. The number of aromatic nitrogens is 2. The van der Waals surface area contributed by atoms with Gasteiger partial charge in [-0.1, -0.05) is 24.3 Å². The van der Waals surface area contributed by atoms with Gasteiger partial charge in [-0.2, -0.15) is 13.2 Å². The predicted molar refractivity (Wildman–Crippen MR) is 73.5 cm³/mol. The zero-order valence-corrected chi connectivity index (χ0v) is 10.9. The second-order valence-corrected chi connectivity index (χ2v) is 4.62. The topological polar surface area (TPSA) is 43.3 Å². The standard InChI is InChI=1S/C15H12F3N3/c16-15(17,18)12-6-2-1-5-11(12)14-20-9-13-10(8-19)4-3-7-21(13)14/h1-7,9H,8,19H2. The Labute approximate surface area is 118 Å². The van der Waals surface area contributed by atoms with Gasteiger partial charge in [-0.05, 0) is 17.7 Å². The average Bonchev–Trinajstić information content (AvgIpc) is 2.90. The molecule has 2 heterocycles. The Morgan fingerprint density at radius 1 is 1.10 bits per heavy atom. The van der Waals surface area contributed by atoms with E-state index in [1.54, 1.807) is 28.9 Å². The van der Waals surface area contributed by atoms with Crippen molar-refractivity contribution in [2.45, 2.75) is 12.7 Å². The minimum absolute atomic E-state index is 0.0548. The first-order valence-corrected chi connectivity index (χ1v) is 6.34. The maximum absolute atomic E-state index is 13.1. The summed E-state index contributed by atoms with van der Waals surface area (Å²) in [5.74, 6) is 0.258. The number of hydrogen-bond acceptors (Lipinski definition) is 2. The summed E-state index contributed by atoms with van der Waals surface area (Å²) in [7, 11) is 0. The van der Waals surface area contributed by atoms with Gasteiger partial charge in [0, 0.05) is 18.3 Å². The molecule has 2 aromatic heterocycles. The van der Waals surface area contributed by atoms with Crippen molar-refractivity contribution in [1.29, 1.82) is 0 Å². The molecule has 1 aromatic carbocycles. The van der Waals surface area contributed by atoms with Crippen LogP contribution in [0.2, 0.25) is 0 Å². The highest BCUT2D eigenvalue weighted by molar-refractivity contribution is 5.68. The van der Waals surface area contributed by atoms with E-state index >= 15 is 0 Å². The number of imidazole rings is 1. The summed E-state index contributed by atoms with van der Waals surface area (Å²) in [5.41, 5.74) is 6.55. The van der Waals surface area contributed by atoms with Gasteiger partial charge in [0.2, 0.25) is 0 Å². The van der Waals surface area contributed by atoms with Crippen molar-refractivity contribution < 1.29 is 13.2 Å². The smallest absolute Gasteiger partial charge is 0.326 e. The molecule has 0 amide bonds. The Morgan fingerprint density at radius 3 is 2.57 bits per heavy atom. The van der Waals surface area contributed by atoms with Crippen molar-refractivity contribution in [3.8, 4) is 11.4 Å². The molecule has 0 saturated heterocycles. The van der Waals surface area contributed by atoms with Crippen LogP contribution in [0.25, 0.3) is 16.9 Å². The third-order valence-electron chi connectivity index (χ3n) is 3.35. The first-order chi connectivity index (χ1) is 10.0. The summed E-state index contributed by atoms with van der Waals surface area (Å²) in [6, 6.07) is 8.99. The molecule has 3 nitrogen and oxygen atoms in total. The molecule has 0 unspecified atom stereocenters. The van der Waals surface area contributed by atoms with E-state index < -0.39 is 11.7 Å². The normalized spacial score (nSPS) is 12.0. The molecule has 0 atom stereocenters. The van der Waals surface area contributed by atoms with Gasteiger partial charge in [-0.25, -0.2) is 4.98 Å². The Bertz CT molecular complexity index is 790. The lowest BCUT2D eigenvalue weighted by atomic mass is 10.1. The molecule has 0 saturated carbocycles. The minimum atomic E-state index is -4.42. The van der Waals surface area contributed by atoms with Crippen LogP contribution in [-0.4, -0.2) is 9.38 Å². The molecule has 0 spiro atoms. The van der Waals surface area contributed by atoms with E-state index in [-0.39, 0.29) is 11.4 Å². The van der Waals surface area contributed by atoms with E-state index in [4.69, 9.17) is 5.73 Å². The molecule has 6 heteroatoms. The molecule has 108 valence electrons. The lowest BCUT2D eigenvalue weighted by molar-refractivity contribution is -0.137. The van der Waals surface area contributed by atoms with Crippen LogP contribution in [0, 0.1) is 0 Å². The molecule has 0 fully saturated rings. The fourth-order valence-electron chi connectivity index (χ4n) is 2.38. The number of pyridine rings is 1. The predicted octanol–water partition coefficient (Wildman–Crippen LogP) is 3.48. The zero-order valence-electron chi connectivity index (χ0n) is 10.9. The van der Waals surface area contributed by atoms with Gasteiger partial charge in [-0.3, -0.25) is 4.40 Å². The number of nitrogens with zero attached hydrogens (tertiary/aromatic N) is 2. The average molecular weight is 291 g/mol. The molecule has 0 aliphatic rings. The highest BCUT2D eigenvalue weighted by Crippen LogP contribution is 2.36. The molecular weight excluding hydrogens is 279 g/mol. The Hall–Kier alpha value is -2.34. The zero-order chi connectivity index (χ0) is 15.0. The van der Waals surface area contributed by atoms with Crippen LogP contribution in [-0.2, 0) is 12.7 Å². The molecular formula is C15H12F3N3. The second-order valence-electron chi connectivity index (χ2n) is 4.62. The number of alkyl halides is 3. The van der Waals surface area contributed by atoms with E-state index in [0.29, 0.717) is 12.1 Å². The molecule has 0 aliphatic heterocycles. The van der Waals surface area contributed by atoms with Crippen molar-refractivity contribution in [1.82, 2.24) is 9.38 Å². The first kappa shape index (κ1) is 13.6. The maximum Gasteiger partial charge on any atom is 0.417 e. The lowest BCUT2D eigenvalue weighted by Gasteiger charge is -2.12. The Balaban J connectivity index is 2.28. The molecule has 0 aliphatic carbocycles. The van der Waals surface area contributed by atoms with E-state index in [0.717, 1.165) is 11.6 Å². The van der Waals surface area contributed by atoms with E-state index in [1.165, 1.54) is 12.1 Å². The van der Waals surface area contributed by atoms with Crippen LogP contribution >= 0.6 is 0 Å². The molecule has 3 rings (SSSR count). The monoisotopic (exact) mass is 291 g/mol. The molecule has 21 heavy (non-hydrogen) atoms. The number of benzene rings is 1. The summed E-state index contributed by atoms with van der Waals surface area (Å²) in [6.45, 7) is 0.302. The third kappa shape index (κ3) is 2.27. The Morgan fingerprint density at radius 2 is 1.86 bits per heavy atom. The lowest BCUT2D eigenvalue weighted by Crippen LogP contribution is -2.08. The van der Waals surface area contributed by atoms with Crippen molar-refractivity contribution >= 4 is 5.52 Å². The van der Waals surface area contributed by atoms with Crippen molar-refractivity contribution in [3.05, 3.63) is 59.9 Å². The van der Waals surface area contributed by atoms with Gasteiger partial charge >= 0.3 is 6.18 Å². The van der Waals surface area contributed by atoms with Gasteiger partial charge < -0.3 is 5.73 Å². The van der Waals surface area contributed by atoms with Crippen LogP contribution in [0.3, 0.4) is 0 Å². The molecule has 0 radical (unpaired) electrons. The van der Waals surface area contributed by atoms with Crippen LogP contribution in [0.5, 0.6) is 0 Å². The minimum Gasteiger partial charge on any atom is -0.326 e. The van der Waals surface area contributed by atoms with Crippen LogP contribution in [0.1, 0.15) is 11.1 Å². The number of hydrogen-bond donors (Lipinski definition) is 1. The van der Waals surface area contributed by atoms with Gasteiger partial charge in [0.1, 0.15) is 5.82 Å². The summed E-state index contributed by atoms with van der Waals surface area (Å²) < 4.78 is 41.0. The number of rotatable bonds is 2. The molecule has 2 N–H and O–H groups in total. The summed E-state index contributed by atoms with van der Waals surface area (Å²) in [4.78, 5) is 4.16. The number of fused-ring (bicyclic) bond motifs is 1. The molecule has 0 bridgehead atoms. The Kier molecular flexibility index (Phi) is 3.17. The van der Waals surface area contributed by atoms with Gasteiger partial charge in [0.25, 0.3) is 0 Å². The quantitative estimate of drug-likeness (QED) is 0.785. The molecule has 3 aromatic rings. The van der Waals surface area contributed by atoms with E-state index in [1.807, 2.05) is 6.07 Å². The summed E-state index contributed by atoms with van der Waals surface area (Å²) in [5, 5.41) is 0. The number of halogens is 3. The van der Waals surface area contributed by atoms with Gasteiger partial charge in [-0.15, -0.1) is 0 Å². The van der Waals surface area contributed by atoms with Crippen LogP contribution < -0.4 is 5.73 Å². The highest BCUT2D eigenvalue weighted by atomic mass is 19.4. The van der Waals surface area contributed by atoms with Crippen molar-refractivity contribution in [2.24, 2.45) is 5.73 Å². The largest absolute Gasteiger partial charge is 0.417 e. The van der Waals surface area contributed by atoms with Crippen LogP contribution in [0.15, 0.2) is 48.8 Å². The second kappa shape index (κ2) is 4.89. The van der Waals surface area contributed by atoms with E-state index in [2.05, 4.69) is 4.98 Å². The van der Waals surface area contributed by atoms with Crippen molar-refractivity contribution in [3.63, 3.8) is 0 Å². The fraction of sp³-hybridized carbons (Fsp3) is 0.133. The van der Waals surface area contributed by atoms with Gasteiger partial charge in [0.05, 0.1) is 17.3 Å². The van der Waals surface area contributed by atoms with Crippen molar-refractivity contribution in [2.75, 3.05) is 0 Å². The maximum atomic E-state index is 13.1. The van der Waals surface area contributed by atoms with Gasteiger partial charge in [0.15, 0.2) is 0 Å². The summed E-state index contributed by atoms with van der Waals surface area (Å²) >= 11 is 0. The highest BCUT2D eigenvalue weighted by Gasteiger charge is 2.34.